The van der Waals surface area contributed by atoms with Crippen molar-refractivity contribution in [2.24, 2.45) is 0 Å². The molecule has 0 fully saturated rings. The topological polar surface area (TPSA) is 61.9 Å². The van der Waals surface area contributed by atoms with Gasteiger partial charge in [-0.25, -0.2) is 0 Å². The Kier molecular flexibility index (Phi) is 8.72. The number of hydrogen-bond donors (Lipinski definition) is 1. The van der Waals surface area contributed by atoms with Gasteiger partial charge in [0.2, 0.25) is 11.8 Å². The second-order valence-corrected chi connectivity index (χ2v) is 6.67. The standard InChI is InChI=1S/C18H28ClN3O3/c1-13-11-16(17(25-5)12-15(13)19)20-18(24)7-10-22(14(2)23)9-6-8-21(3)4/h11-12H,6-10H2,1-5H3,(H,20,24). The van der Waals surface area contributed by atoms with Crippen molar-refractivity contribution < 1.29 is 14.3 Å². The van der Waals surface area contributed by atoms with Crippen LogP contribution in [0.5, 0.6) is 5.75 Å². The molecule has 6 nitrogen and oxygen atoms in total. The van der Waals surface area contributed by atoms with Gasteiger partial charge < -0.3 is 19.9 Å². The van der Waals surface area contributed by atoms with Crippen LogP contribution in [0.25, 0.3) is 0 Å². The number of rotatable bonds is 9. The summed E-state index contributed by atoms with van der Waals surface area (Å²) >= 11 is 6.07. The maximum atomic E-state index is 12.2. The van der Waals surface area contributed by atoms with E-state index >= 15 is 0 Å². The van der Waals surface area contributed by atoms with Gasteiger partial charge in [-0.15, -0.1) is 0 Å². The zero-order chi connectivity index (χ0) is 19.0. The minimum atomic E-state index is -0.168. The smallest absolute Gasteiger partial charge is 0.226 e. The lowest BCUT2D eigenvalue weighted by Gasteiger charge is -2.22. The van der Waals surface area contributed by atoms with Crippen LogP contribution in [-0.2, 0) is 9.59 Å². The highest BCUT2D eigenvalue weighted by Crippen LogP contribution is 2.30. The molecule has 0 unspecified atom stereocenters. The lowest BCUT2D eigenvalue weighted by Crippen LogP contribution is -2.34. The normalized spacial score (nSPS) is 10.7. The molecular formula is C18H28ClN3O3. The molecule has 25 heavy (non-hydrogen) atoms. The minimum Gasteiger partial charge on any atom is -0.495 e. The average Bonchev–Trinajstić information content (AvgIpc) is 2.53. The van der Waals surface area contributed by atoms with Crippen LogP contribution in [0.1, 0.15) is 25.3 Å². The zero-order valence-electron chi connectivity index (χ0n) is 15.7. The first-order valence-electron chi connectivity index (χ1n) is 8.28. The van der Waals surface area contributed by atoms with Crippen molar-refractivity contribution in [1.29, 1.82) is 0 Å². The van der Waals surface area contributed by atoms with Gasteiger partial charge in [-0.05, 0) is 45.6 Å². The molecule has 1 aromatic carbocycles. The van der Waals surface area contributed by atoms with Gasteiger partial charge in [-0.3, -0.25) is 9.59 Å². The Bertz CT molecular complexity index is 605. The Morgan fingerprint density at radius 2 is 1.88 bits per heavy atom. The third-order valence-electron chi connectivity index (χ3n) is 3.84. The molecule has 0 atom stereocenters. The Morgan fingerprint density at radius 3 is 2.44 bits per heavy atom. The molecule has 1 rings (SSSR count). The SMILES string of the molecule is COc1cc(Cl)c(C)cc1NC(=O)CCN(CCCN(C)C)C(C)=O. The number of aryl methyl sites for hydroxylation is 1. The second-order valence-electron chi connectivity index (χ2n) is 6.26. The van der Waals surface area contributed by atoms with Crippen LogP contribution in [0.3, 0.4) is 0 Å². The van der Waals surface area contributed by atoms with Gasteiger partial charge in [0, 0.05) is 37.5 Å². The molecule has 0 aliphatic heterocycles. The molecule has 0 saturated heterocycles. The average molecular weight is 370 g/mol. The summed E-state index contributed by atoms with van der Waals surface area (Å²) in [6.07, 6.45) is 1.10. The first-order valence-corrected chi connectivity index (χ1v) is 8.66. The first kappa shape index (κ1) is 21.3. The van der Waals surface area contributed by atoms with Crippen LogP contribution in [-0.4, -0.2) is 62.5 Å². The van der Waals surface area contributed by atoms with E-state index in [1.165, 1.54) is 14.0 Å². The minimum absolute atomic E-state index is 0.0218. The monoisotopic (exact) mass is 369 g/mol. The van der Waals surface area contributed by atoms with E-state index in [1.54, 1.807) is 17.0 Å². The highest BCUT2D eigenvalue weighted by atomic mass is 35.5. The van der Waals surface area contributed by atoms with Crippen molar-refractivity contribution in [3.63, 3.8) is 0 Å². The van der Waals surface area contributed by atoms with E-state index in [1.807, 2.05) is 21.0 Å². The number of amides is 2. The van der Waals surface area contributed by atoms with Gasteiger partial charge in [-0.2, -0.15) is 0 Å². The quantitative estimate of drug-likeness (QED) is 0.727. The Morgan fingerprint density at radius 1 is 1.20 bits per heavy atom. The lowest BCUT2D eigenvalue weighted by molar-refractivity contribution is -0.129. The van der Waals surface area contributed by atoms with Crippen LogP contribution < -0.4 is 10.1 Å². The number of anilines is 1. The van der Waals surface area contributed by atoms with Crippen LogP contribution in [0.15, 0.2) is 12.1 Å². The summed E-state index contributed by atoms with van der Waals surface area (Å²) in [6.45, 7) is 5.32. The molecule has 0 aromatic heterocycles. The van der Waals surface area contributed by atoms with Gasteiger partial charge in [-0.1, -0.05) is 11.6 Å². The van der Waals surface area contributed by atoms with E-state index in [0.29, 0.717) is 29.5 Å². The maximum Gasteiger partial charge on any atom is 0.226 e. The van der Waals surface area contributed by atoms with Crippen molar-refractivity contribution in [3.05, 3.63) is 22.7 Å². The van der Waals surface area contributed by atoms with Crippen LogP contribution in [0, 0.1) is 6.92 Å². The number of nitrogens with one attached hydrogen (secondary N) is 1. The van der Waals surface area contributed by atoms with Gasteiger partial charge >= 0.3 is 0 Å². The molecule has 0 aliphatic rings. The summed E-state index contributed by atoms with van der Waals surface area (Å²) in [5, 5.41) is 3.41. The van der Waals surface area contributed by atoms with E-state index in [0.717, 1.165) is 18.5 Å². The molecular weight excluding hydrogens is 342 g/mol. The highest BCUT2D eigenvalue weighted by Gasteiger charge is 2.14. The zero-order valence-corrected chi connectivity index (χ0v) is 16.4. The first-order chi connectivity index (χ1) is 11.7. The molecule has 7 heteroatoms. The Hall–Kier alpha value is -1.79. The highest BCUT2D eigenvalue weighted by molar-refractivity contribution is 6.31. The van der Waals surface area contributed by atoms with E-state index in [2.05, 4.69) is 10.2 Å². The maximum absolute atomic E-state index is 12.2. The summed E-state index contributed by atoms with van der Waals surface area (Å²) < 4.78 is 5.25. The lowest BCUT2D eigenvalue weighted by atomic mass is 10.2. The molecule has 2 amide bonds. The van der Waals surface area contributed by atoms with Crippen molar-refractivity contribution >= 4 is 29.1 Å². The molecule has 0 saturated carbocycles. The molecule has 0 radical (unpaired) electrons. The molecule has 0 aliphatic carbocycles. The summed E-state index contributed by atoms with van der Waals surface area (Å²) in [4.78, 5) is 27.7. The molecule has 1 aromatic rings. The number of halogens is 1. The number of carbonyl (C=O) groups is 2. The molecule has 0 heterocycles. The third kappa shape index (κ3) is 7.32. The van der Waals surface area contributed by atoms with Gasteiger partial charge in [0.25, 0.3) is 0 Å². The molecule has 0 bridgehead atoms. The van der Waals surface area contributed by atoms with E-state index in [9.17, 15) is 9.59 Å². The molecule has 0 spiro atoms. The summed E-state index contributed by atoms with van der Waals surface area (Å²) in [5.41, 5.74) is 1.43. The Labute approximate surface area is 155 Å². The fourth-order valence-electron chi connectivity index (χ4n) is 2.38. The predicted octanol–water partition coefficient (Wildman–Crippen LogP) is 2.79. The predicted molar refractivity (Wildman–Crippen MR) is 101 cm³/mol. The molecule has 140 valence electrons. The summed E-state index contributed by atoms with van der Waals surface area (Å²) in [5.74, 6) is 0.323. The van der Waals surface area contributed by atoms with Crippen molar-refractivity contribution in [3.8, 4) is 5.75 Å². The van der Waals surface area contributed by atoms with Crippen molar-refractivity contribution in [2.45, 2.75) is 26.7 Å². The number of hydrogen-bond acceptors (Lipinski definition) is 4. The van der Waals surface area contributed by atoms with E-state index < -0.39 is 0 Å². The van der Waals surface area contributed by atoms with Crippen LogP contribution >= 0.6 is 11.6 Å². The number of benzene rings is 1. The van der Waals surface area contributed by atoms with Crippen molar-refractivity contribution in [2.75, 3.05) is 46.2 Å². The number of methoxy groups -OCH3 is 1. The van der Waals surface area contributed by atoms with E-state index in [4.69, 9.17) is 16.3 Å². The number of ether oxygens (including phenoxy) is 1. The van der Waals surface area contributed by atoms with Crippen LogP contribution in [0.4, 0.5) is 5.69 Å². The number of carbonyl (C=O) groups excluding carboxylic acids is 2. The summed E-state index contributed by atoms with van der Waals surface area (Å²) in [6, 6.07) is 3.45. The second kappa shape index (κ2) is 10.3. The molecule has 1 N–H and O–H groups in total. The van der Waals surface area contributed by atoms with E-state index in [-0.39, 0.29) is 18.2 Å². The van der Waals surface area contributed by atoms with Gasteiger partial charge in [0.1, 0.15) is 5.75 Å². The third-order valence-corrected chi connectivity index (χ3v) is 4.25. The Balaban J connectivity index is 2.60. The van der Waals surface area contributed by atoms with Gasteiger partial charge in [0.05, 0.1) is 12.8 Å². The van der Waals surface area contributed by atoms with Crippen molar-refractivity contribution in [1.82, 2.24) is 9.80 Å². The van der Waals surface area contributed by atoms with Crippen LogP contribution in [0.2, 0.25) is 5.02 Å². The fourth-order valence-corrected chi connectivity index (χ4v) is 2.54. The number of nitrogens with zero attached hydrogens (tertiary/aromatic N) is 2. The fraction of sp³-hybridized carbons (Fsp3) is 0.556. The largest absolute Gasteiger partial charge is 0.495 e. The summed E-state index contributed by atoms with van der Waals surface area (Å²) in [7, 11) is 5.51. The van der Waals surface area contributed by atoms with Gasteiger partial charge in [0.15, 0.2) is 0 Å².